The number of halogens is 3. The van der Waals surface area contributed by atoms with Gasteiger partial charge in [-0.15, -0.1) is 0 Å². The number of anilines is 2. The molecule has 0 saturated heterocycles. The predicted molar refractivity (Wildman–Crippen MR) is 124 cm³/mol. The van der Waals surface area contributed by atoms with Crippen molar-refractivity contribution in [3.8, 4) is 23.3 Å². The molecule has 1 amide bonds. The Hall–Kier alpha value is -4.30. The Kier molecular flexibility index (Phi) is 7.23. The van der Waals surface area contributed by atoms with Gasteiger partial charge in [0.05, 0.1) is 34.7 Å². The maximum absolute atomic E-state index is 13.2. The minimum absolute atomic E-state index is 0.0332. The number of hydrogen-bond acceptors (Lipinski definition) is 4. The normalized spacial score (nSPS) is 11.7. The second-order valence-corrected chi connectivity index (χ2v) is 7.85. The summed E-state index contributed by atoms with van der Waals surface area (Å²) in [5.41, 5.74) is 1.42. The van der Waals surface area contributed by atoms with E-state index in [0.29, 0.717) is 5.56 Å². The Morgan fingerprint density at radius 3 is 2.35 bits per heavy atom. The second kappa shape index (κ2) is 10.1. The van der Waals surface area contributed by atoms with Crippen molar-refractivity contribution in [2.45, 2.75) is 13.1 Å². The average molecular weight is 462 g/mol. The van der Waals surface area contributed by atoms with Crippen molar-refractivity contribution in [2.75, 3.05) is 23.8 Å². The number of nitriles is 2. The van der Waals surface area contributed by atoms with Crippen molar-refractivity contribution in [1.82, 2.24) is 0 Å². The number of carbonyl (C=O) groups is 1. The summed E-state index contributed by atoms with van der Waals surface area (Å²) in [5, 5.41) is 20.7. The Bertz CT molecular complexity index is 1270. The molecular formula is C26H21F3N4O. The SMILES string of the molecule is CC(CN(C)c1ccc(C#N)cc1-c1ccccc1)C(=O)Nc1ccc(C#N)c(C(F)(F)F)c1. The van der Waals surface area contributed by atoms with Crippen LogP contribution in [0, 0.1) is 28.6 Å². The molecule has 1 unspecified atom stereocenters. The van der Waals surface area contributed by atoms with Crippen LogP contribution in [0.3, 0.4) is 0 Å². The quantitative estimate of drug-likeness (QED) is 0.500. The van der Waals surface area contributed by atoms with Crippen LogP contribution in [0.25, 0.3) is 11.1 Å². The first kappa shape index (κ1) is 24.3. The maximum atomic E-state index is 13.2. The average Bonchev–Trinajstić information content (AvgIpc) is 2.83. The van der Waals surface area contributed by atoms with Gasteiger partial charge in [-0.1, -0.05) is 37.3 Å². The van der Waals surface area contributed by atoms with E-state index in [2.05, 4.69) is 11.4 Å². The number of nitrogens with zero attached hydrogens (tertiary/aromatic N) is 3. The minimum atomic E-state index is -4.71. The number of alkyl halides is 3. The van der Waals surface area contributed by atoms with Crippen molar-refractivity contribution in [3.05, 3.63) is 83.4 Å². The zero-order valence-corrected chi connectivity index (χ0v) is 18.5. The van der Waals surface area contributed by atoms with Crippen molar-refractivity contribution < 1.29 is 18.0 Å². The number of amides is 1. The highest BCUT2D eigenvalue weighted by atomic mass is 19.4. The summed E-state index contributed by atoms with van der Waals surface area (Å²) < 4.78 is 39.6. The smallest absolute Gasteiger partial charge is 0.373 e. The van der Waals surface area contributed by atoms with Gasteiger partial charge < -0.3 is 10.2 Å². The summed E-state index contributed by atoms with van der Waals surface area (Å²) in [7, 11) is 1.81. The molecular weight excluding hydrogens is 441 g/mol. The summed E-state index contributed by atoms with van der Waals surface area (Å²) in [6, 6.07) is 21.5. The fraction of sp³-hybridized carbons (Fsp3) is 0.192. The van der Waals surface area contributed by atoms with Crippen molar-refractivity contribution in [1.29, 1.82) is 10.5 Å². The van der Waals surface area contributed by atoms with Gasteiger partial charge in [0.2, 0.25) is 5.91 Å². The first-order valence-corrected chi connectivity index (χ1v) is 10.4. The summed E-state index contributed by atoms with van der Waals surface area (Å²) in [5.74, 6) is -1.03. The van der Waals surface area contributed by atoms with Crippen molar-refractivity contribution >= 4 is 17.3 Å². The highest BCUT2D eigenvalue weighted by molar-refractivity contribution is 5.93. The van der Waals surface area contributed by atoms with Crippen LogP contribution in [0.15, 0.2) is 66.7 Å². The van der Waals surface area contributed by atoms with Gasteiger partial charge >= 0.3 is 6.18 Å². The van der Waals surface area contributed by atoms with Gasteiger partial charge in [0.1, 0.15) is 0 Å². The number of rotatable bonds is 6. The third-order valence-corrected chi connectivity index (χ3v) is 5.33. The molecule has 3 aromatic carbocycles. The van der Waals surface area contributed by atoms with Crippen molar-refractivity contribution in [3.63, 3.8) is 0 Å². The highest BCUT2D eigenvalue weighted by Crippen LogP contribution is 2.34. The second-order valence-electron chi connectivity index (χ2n) is 7.85. The first-order chi connectivity index (χ1) is 16.1. The van der Waals surface area contributed by atoms with Gasteiger partial charge in [0.15, 0.2) is 0 Å². The van der Waals surface area contributed by atoms with Gasteiger partial charge in [0.25, 0.3) is 0 Å². The molecule has 0 aliphatic heterocycles. The highest BCUT2D eigenvalue weighted by Gasteiger charge is 2.34. The first-order valence-electron chi connectivity index (χ1n) is 10.4. The summed E-state index contributed by atoms with van der Waals surface area (Å²) in [6.45, 7) is 1.95. The predicted octanol–water partition coefficient (Wildman–Crippen LogP) is 5.83. The number of carbonyl (C=O) groups excluding carboxylic acids is 1. The van der Waals surface area contributed by atoms with E-state index in [1.165, 1.54) is 12.1 Å². The molecule has 8 heteroatoms. The Balaban J connectivity index is 1.79. The van der Waals surface area contributed by atoms with E-state index in [1.807, 2.05) is 41.3 Å². The molecule has 3 aromatic rings. The third kappa shape index (κ3) is 5.54. The fourth-order valence-corrected chi connectivity index (χ4v) is 3.60. The Morgan fingerprint density at radius 2 is 1.74 bits per heavy atom. The van der Waals surface area contributed by atoms with Gasteiger partial charge in [-0.3, -0.25) is 4.79 Å². The molecule has 0 fully saturated rings. The molecule has 5 nitrogen and oxygen atoms in total. The molecule has 0 bridgehead atoms. The van der Waals surface area contributed by atoms with Crippen LogP contribution in [0.5, 0.6) is 0 Å². The van der Waals surface area contributed by atoms with Crippen LogP contribution in [-0.2, 0) is 11.0 Å². The number of benzene rings is 3. The molecule has 172 valence electrons. The fourth-order valence-electron chi connectivity index (χ4n) is 3.60. The van der Waals surface area contributed by atoms with Gasteiger partial charge in [0, 0.05) is 30.5 Å². The zero-order valence-electron chi connectivity index (χ0n) is 18.5. The number of nitrogens with one attached hydrogen (secondary N) is 1. The standard InChI is InChI=1S/C26H21F3N4O/c1-17(25(34)32-21-10-9-20(15-31)23(13-21)26(27,28)29)16-33(2)24-11-8-18(14-30)12-22(24)19-6-4-3-5-7-19/h3-13,17H,16H2,1-2H3,(H,32,34). The number of hydrogen-bond donors (Lipinski definition) is 1. The van der Waals surface area contributed by atoms with E-state index in [0.717, 1.165) is 28.9 Å². The zero-order chi connectivity index (χ0) is 24.9. The molecule has 0 spiro atoms. The minimum Gasteiger partial charge on any atom is -0.373 e. The summed E-state index contributed by atoms with van der Waals surface area (Å²) in [6.07, 6.45) is -4.71. The molecule has 3 rings (SSSR count). The lowest BCUT2D eigenvalue weighted by Gasteiger charge is -2.26. The summed E-state index contributed by atoms with van der Waals surface area (Å²) >= 11 is 0. The molecule has 0 saturated carbocycles. The molecule has 1 atom stereocenters. The third-order valence-electron chi connectivity index (χ3n) is 5.33. The monoisotopic (exact) mass is 462 g/mol. The maximum Gasteiger partial charge on any atom is 0.417 e. The Labute approximate surface area is 195 Å². The van der Waals surface area contributed by atoms with E-state index >= 15 is 0 Å². The van der Waals surface area contributed by atoms with Gasteiger partial charge in [-0.2, -0.15) is 23.7 Å². The van der Waals surface area contributed by atoms with Crippen LogP contribution in [0.1, 0.15) is 23.6 Å². The lowest BCUT2D eigenvalue weighted by molar-refractivity contribution is -0.137. The van der Waals surface area contributed by atoms with Crippen LogP contribution in [0.4, 0.5) is 24.5 Å². The van der Waals surface area contributed by atoms with Gasteiger partial charge in [-0.05, 0) is 42.0 Å². The van der Waals surface area contributed by atoms with Crippen LogP contribution >= 0.6 is 0 Å². The molecule has 34 heavy (non-hydrogen) atoms. The lowest BCUT2D eigenvalue weighted by atomic mass is 10.00. The molecule has 0 heterocycles. The Morgan fingerprint density at radius 1 is 1.03 bits per heavy atom. The molecule has 0 aromatic heterocycles. The summed E-state index contributed by atoms with van der Waals surface area (Å²) in [4.78, 5) is 14.6. The van der Waals surface area contributed by atoms with Crippen LogP contribution in [-0.4, -0.2) is 19.5 Å². The van der Waals surface area contributed by atoms with Crippen molar-refractivity contribution in [2.24, 2.45) is 5.92 Å². The largest absolute Gasteiger partial charge is 0.417 e. The molecule has 0 aliphatic carbocycles. The van der Waals surface area contributed by atoms with E-state index in [-0.39, 0.29) is 12.2 Å². The van der Waals surface area contributed by atoms with E-state index in [9.17, 15) is 23.2 Å². The van der Waals surface area contributed by atoms with E-state index in [1.54, 1.807) is 26.1 Å². The topological polar surface area (TPSA) is 79.9 Å². The van der Waals surface area contributed by atoms with E-state index in [4.69, 9.17) is 5.26 Å². The lowest BCUT2D eigenvalue weighted by Crippen LogP contribution is -2.32. The molecule has 0 radical (unpaired) electrons. The molecule has 0 aliphatic rings. The van der Waals surface area contributed by atoms with Crippen LogP contribution < -0.4 is 10.2 Å². The molecule has 1 N–H and O–H groups in total. The van der Waals surface area contributed by atoms with Crippen LogP contribution in [0.2, 0.25) is 0 Å². The van der Waals surface area contributed by atoms with Gasteiger partial charge in [-0.25, -0.2) is 0 Å². The van der Waals surface area contributed by atoms with E-state index < -0.39 is 29.1 Å².